The fraction of sp³-hybridized carbons (Fsp3) is 0.400. The number of hydrogen-bond donors (Lipinski definition) is 1. The first-order valence-electron chi connectivity index (χ1n) is 7.02. The van der Waals surface area contributed by atoms with Crippen molar-refractivity contribution >= 4 is 27.0 Å². The highest BCUT2D eigenvalue weighted by molar-refractivity contribution is 7.89. The quantitative estimate of drug-likeness (QED) is 0.878. The van der Waals surface area contributed by atoms with Crippen molar-refractivity contribution in [3.8, 4) is 0 Å². The maximum Gasteiger partial charge on any atom is 0.242 e. The van der Waals surface area contributed by atoms with Crippen LogP contribution in [0.25, 0.3) is 0 Å². The lowest BCUT2D eigenvalue weighted by Crippen LogP contribution is -2.22. The molecule has 0 aliphatic carbocycles. The van der Waals surface area contributed by atoms with Crippen LogP contribution >= 0.6 is 11.3 Å². The van der Waals surface area contributed by atoms with Crippen molar-refractivity contribution in [1.29, 1.82) is 0 Å². The highest BCUT2D eigenvalue weighted by Gasteiger charge is 2.17. The Morgan fingerprint density at radius 1 is 1.32 bits per heavy atom. The van der Waals surface area contributed by atoms with Crippen LogP contribution in [0.1, 0.15) is 29.7 Å². The van der Waals surface area contributed by atoms with Crippen molar-refractivity contribution in [2.75, 3.05) is 19.4 Å². The molecular formula is C15H21N3O2S2. The highest BCUT2D eigenvalue weighted by atomic mass is 32.2. The van der Waals surface area contributed by atoms with Gasteiger partial charge < -0.3 is 5.32 Å². The Kier molecular flexibility index (Phi) is 5.20. The van der Waals surface area contributed by atoms with Crippen molar-refractivity contribution in [3.05, 3.63) is 40.3 Å². The number of rotatable bonds is 6. The van der Waals surface area contributed by atoms with E-state index in [4.69, 9.17) is 0 Å². The van der Waals surface area contributed by atoms with Gasteiger partial charge >= 0.3 is 0 Å². The second kappa shape index (κ2) is 6.76. The van der Waals surface area contributed by atoms with Gasteiger partial charge in [0.15, 0.2) is 0 Å². The van der Waals surface area contributed by atoms with Crippen molar-refractivity contribution in [1.82, 2.24) is 9.29 Å². The van der Waals surface area contributed by atoms with E-state index in [0.29, 0.717) is 12.5 Å². The number of sulfonamides is 1. The summed E-state index contributed by atoms with van der Waals surface area (Å²) in [7, 11) is -0.350. The molecule has 2 rings (SSSR count). The number of nitrogens with one attached hydrogen (secondary N) is 1. The number of thiazole rings is 1. The van der Waals surface area contributed by atoms with Gasteiger partial charge in [-0.05, 0) is 18.2 Å². The Hall–Kier alpha value is -1.44. The zero-order valence-corrected chi connectivity index (χ0v) is 14.8. The minimum absolute atomic E-state index is 0.287. The van der Waals surface area contributed by atoms with Gasteiger partial charge in [0.1, 0.15) is 0 Å². The molecule has 0 unspecified atom stereocenters. The first-order valence-corrected chi connectivity index (χ1v) is 9.27. The lowest BCUT2D eigenvalue weighted by Gasteiger charge is -2.12. The lowest BCUT2D eigenvalue weighted by molar-refractivity contribution is 0.521. The van der Waals surface area contributed by atoms with Crippen LogP contribution in [0.3, 0.4) is 0 Å². The Balaban J connectivity index is 2.10. The fourth-order valence-corrected chi connectivity index (χ4v) is 3.65. The molecule has 2 aromatic rings. The van der Waals surface area contributed by atoms with E-state index in [-0.39, 0.29) is 4.90 Å². The first-order chi connectivity index (χ1) is 10.3. The Morgan fingerprint density at radius 3 is 2.64 bits per heavy atom. The summed E-state index contributed by atoms with van der Waals surface area (Å²) in [6, 6.07) is 6.85. The van der Waals surface area contributed by atoms with E-state index in [1.165, 1.54) is 18.4 Å². The van der Waals surface area contributed by atoms with Crippen molar-refractivity contribution in [2.24, 2.45) is 0 Å². The van der Waals surface area contributed by atoms with Gasteiger partial charge in [-0.2, -0.15) is 0 Å². The number of aromatic nitrogens is 1. The predicted octanol–water partition coefficient (Wildman–Crippen LogP) is 3.13. The van der Waals surface area contributed by atoms with Crippen LogP contribution < -0.4 is 5.32 Å². The summed E-state index contributed by atoms with van der Waals surface area (Å²) in [6.07, 6.45) is 1.87. The van der Waals surface area contributed by atoms with Crippen LogP contribution in [0.15, 0.2) is 35.4 Å². The molecule has 0 bridgehead atoms. The molecule has 0 atom stereocenters. The third-order valence-electron chi connectivity index (χ3n) is 3.14. The predicted molar refractivity (Wildman–Crippen MR) is 90.8 cm³/mol. The van der Waals surface area contributed by atoms with Crippen LogP contribution in [0.2, 0.25) is 0 Å². The molecule has 0 radical (unpaired) electrons. The smallest absolute Gasteiger partial charge is 0.242 e. The molecule has 0 aliphatic heterocycles. The molecule has 0 spiro atoms. The molecule has 0 saturated heterocycles. The summed E-state index contributed by atoms with van der Waals surface area (Å²) < 4.78 is 25.5. The fourth-order valence-electron chi connectivity index (χ4n) is 1.84. The molecule has 1 aromatic heterocycles. The monoisotopic (exact) mass is 339 g/mol. The van der Waals surface area contributed by atoms with Crippen LogP contribution in [-0.4, -0.2) is 31.8 Å². The number of anilines is 1. The van der Waals surface area contributed by atoms with E-state index < -0.39 is 10.0 Å². The molecule has 5 nitrogen and oxygen atoms in total. The molecule has 0 fully saturated rings. The molecule has 7 heteroatoms. The summed E-state index contributed by atoms with van der Waals surface area (Å²) in [6.45, 7) is 4.87. The van der Waals surface area contributed by atoms with Gasteiger partial charge in [-0.15, -0.1) is 11.3 Å². The summed E-state index contributed by atoms with van der Waals surface area (Å²) in [5.41, 5.74) is 0.780. The maximum absolute atomic E-state index is 12.1. The highest BCUT2D eigenvalue weighted by Crippen LogP contribution is 2.23. The van der Waals surface area contributed by atoms with Gasteiger partial charge in [-0.3, -0.25) is 0 Å². The topological polar surface area (TPSA) is 62.3 Å². The van der Waals surface area contributed by atoms with Gasteiger partial charge in [0.05, 0.1) is 16.4 Å². The second-order valence-corrected chi connectivity index (χ2v) is 8.79. The third kappa shape index (κ3) is 3.85. The number of hydrogen-bond acceptors (Lipinski definition) is 5. The van der Waals surface area contributed by atoms with Crippen molar-refractivity contribution < 1.29 is 8.42 Å². The van der Waals surface area contributed by atoms with Crippen molar-refractivity contribution in [2.45, 2.75) is 31.2 Å². The average molecular weight is 339 g/mol. The zero-order chi connectivity index (χ0) is 16.3. The summed E-state index contributed by atoms with van der Waals surface area (Å²) in [4.78, 5) is 5.80. The molecule has 1 heterocycles. The molecule has 0 amide bonds. The Labute approximate surface area is 136 Å². The second-order valence-electron chi connectivity index (χ2n) is 5.49. The van der Waals surface area contributed by atoms with E-state index in [1.807, 2.05) is 12.3 Å². The summed E-state index contributed by atoms with van der Waals surface area (Å²) in [5.74, 6) is 0.423. The first kappa shape index (κ1) is 16.9. The van der Waals surface area contributed by atoms with E-state index in [2.05, 4.69) is 24.1 Å². The molecular weight excluding hydrogens is 318 g/mol. The number of nitrogens with zero attached hydrogens (tertiary/aromatic N) is 2. The SMILES string of the molecule is CC(C)c1ncc(CNc2cccc(S(=O)(=O)N(C)C)c2)s1. The average Bonchev–Trinajstić information content (AvgIpc) is 2.94. The largest absolute Gasteiger partial charge is 0.380 e. The Bertz CT molecular complexity index is 737. The molecule has 1 aromatic carbocycles. The maximum atomic E-state index is 12.1. The van der Waals surface area contributed by atoms with Gasteiger partial charge in [-0.25, -0.2) is 17.7 Å². The minimum atomic E-state index is -3.41. The summed E-state index contributed by atoms with van der Waals surface area (Å²) in [5, 5.41) is 4.36. The molecule has 0 saturated carbocycles. The van der Waals surface area contributed by atoms with Crippen LogP contribution in [-0.2, 0) is 16.6 Å². The van der Waals surface area contributed by atoms with Crippen LogP contribution in [0, 0.1) is 0 Å². The van der Waals surface area contributed by atoms with E-state index in [1.54, 1.807) is 29.5 Å². The molecule has 1 N–H and O–H groups in total. The van der Waals surface area contributed by atoms with Crippen molar-refractivity contribution in [3.63, 3.8) is 0 Å². The minimum Gasteiger partial charge on any atom is -0.380 e. The molecule has 120 valence electrons. The van der Waals surface area contributed by atoms with E-state index >= 15 is 0 Å². The lowest BCUT2D eigenvalue weighted by atomic mass is 10.2. The molecule has 22 heavy (non-hydrogen) atoms. The van der Waals surface area contributed by atoms with Gasteiger partial charge in [0.25, 0.3) is 0 Å². The summed E-state index contributed by atoms with van der Waals surface area (Å²) >= 11 is 1.67. The standard InChI is InChI=1S/C15H21N3O2S2/c1-11(2)15-17-10-13(21-15)9-16-12-6-5-7-14(8-12)22(19,20)18(3)4/h5-8,10-11,16H,9H2,1-4H3. The van der Waals surface area contributed by atoms with Crippen LogP contribution in [0.5, 0.6) is 0 Å². The molecule has 0 aliphatic rings. The van der Waals surface area contributed by atoms with E-state index in [0.717, 1.165) is 15.6 Å². The third-order valence-corrected chi connectivity index (χ3v) is 6.25. The van der Waals surface area contributed by atoms with Crippen LogP contribution in [0.4, 0.5) is 5.69 Å². The van der Waals surface area contributed by atoms with Gasteiger partial charge in [-0.1, -0.05) is 19.9 Å². The normalized spacial score (nSPS) is 12.1. The Morgan fingerprint density at radius 2 is 2.05 bits per heavy atom. The van der Waals surface area contributed by atoms with Gasteiger partial charge in [0.2, 0.25) is 10.0 Å². The van der Waals surface area contributed by atoms with E-state index in [9.17, 15) is 8.42 Å². The van der Waals surface area contributed by atoms with Gasteiger partial charge in [0, 0.05) is 36.8 Å². The zero-order valence-electron chi connectivity index (χ0n) is 13.2. The number of benzene rings is 1.